The van der Waals surface area contributed by atoms with Crippen molar-refractivity contribution in [1.29, 1.82) is 0 Å². The molecule has 1 N–H and O–H groups in total. The van der Waals surface area contributed by atoms with Crippen LogP contribution in [-0.2, 0) is 6.18 Å². The zero-order valence-electron chi connectivity index (χ0n) is 13.2. The Kier molecular flexibility index (Phi) is 5.18. The molecule has 0 spiro atoms. The van der Waals surface area contributed by atoms with E-state index in [0.717, 1.165) is 6.07 Å². The minimum absolute atomic E-state index is 0.0409. The van der Waals surface area contributed by atoms with Crippen LogP contribution in [-0.4, -0.2) is 16.2 Å². The molecule has 0 aliphatic heterocycles. The predicted molar refractivity (Wildman–Crippen MR) is 95.1 cm³/mol. The standard InChI is InChI=1S/C18H12ClF3N4/c19-14-8-4-5-12(9-14)11-23-26-16-10-15(18(20,21)22)24-17(25-16)13-6-2-1-3-7-13/h1-11H,(H,24,25,26). The molecule has 0 atom stereocenters. The summed E-state index contributed by atoms with van der Waals surface area (Å²) >= 11 is 5.87. The summed E-state index contributed by atoms with van der Waals surface area (Å²) in [4.78, 5) is 7.71. The first-order valence-corrected chi connectivity index (χ1v) is 7.86. The van der Waals surface area contributed by atoms with Crippen LogP contribution in [0.25, 0.3) is 11.4 Å². The second-order valence-electron chi connectivity index (χ2n) is 5.25. The number of alkyl halides is 3. The number of halogens is 4. The molecular weight excluding hydrogens is 365 g/mol. The molecule has 0 saturated carbocycles. The Morgan fingerprint density at radius 2 is 1.73 bits per heavy atom. The van der Waals surface area contributed by atoms with Gasteiger partial charge >= 0.3 is 6.18 Å². The van der Waals surface area contributed by atoms with Crippen LogP contribution in [0.15, 0.2) is 65.8 Å². The predicted octanol–water partition coefficient (Wildman–Crippen LogP) is 5.26. The molecule has 0 aliphatic carbocycles. The Bertz CT molecular complexity index is 927. The number of aromatic nitrogens is 2. The Balaban J connectivity index is 1.91. The Hall–Kier alpha value is -2.93. The van der Waals surface area contributed by atoms with Crippen LogP contribution in [0.4, 0.5) is 19.0 Å². The highest BCUT2D eigenvalue weighted by molar-refractivity contribution is 6.30. The molecule has 8 heteroatoms. The lowest BCUT2D eigenvalue weighted by Gasteiger charge is -2.10. The number of benzene rings is 2. The van der Waals surface area contributed by atoms with Crippen molar-refractivity contribution < 1.29 is 13.2 Å². The first-order valence-electron chi connectivity index (χ1n) is 7.48. The second-order valence-corrected chi connectivity index (χ2v) is 5.69. The Morgan fingerprint density at radius 1 is 0.962 bits per heavy atom. The zero-order valence-corrected chi connectivity index (χ0v) is 14.0. The summed E-state index contributed by atoms with van der Waals surface area (Å²) in [5.74, 6) is -0.106. The summed E-state index contributed by atoms with van der Waals surface area (Å²) in [7, 11) is 0. The lowest BCUT2D eigenvalue weighted by molar-refractivity contribution is -0.141. The zero-order chi connectivity index (χ0) is 18.6. The van der Waals surface area contributed by atoms with Gasteiger partial charge < -0.3 is 0 Å². The van der Waals surface area contributed by atoms with Gasteiger partial charge in [0.1, 0.15) is 0 Å². The number of nitrogens with zero attached hydrogens (tertiary/aromatic N) is 3. The van der Waals surface area contributed by atoms with E-state index in [-0.39, 0.29) is 11.6 Å². The van der Waals surface area contributed by atoms with Crippen molar-refractivity contribution in [2.45, 2.75) is 6.18 Å². The van der Waals surface area contributed by atoms with Gasteiger partial charge in [-0.1, -0.05) is 54.1 Å². The lowest BCUT2D eigenvalue weighted by Crippen LogP contribution is -2.11. The Labute approximate surface area is 152 Å². The van der Waals surface area contributed by atoms with E-state index in [1.807, 2.05) is 0 Å². The number of hydrogen-bond donors (Lipinski definition) is 1. The monoisotopic (exact) mass is 376 g/mol. The topological polar surface area (TPSA) is 50.2 Å². The maximum Gasteiger partial charge on any atom is 0.433 e. The summed E-state index contributed by atoms with van der Waals surface area (Å²) in [5, 5.41) is 4.45. The molecule has 3 rings (SSSR count). The maximum atomic E-state index is 13.1. The maximum absolute atomic E-state index is 13.1. The molecule has 0 bridgehead atoms. The van der Waals surface area contributed by atoms with Gasteiger partial charge in [0, 0.05) is 16.7 Å². The van der Waals surface area contributed by atoms with Gasteiger partial charge in [0.25, 0.3) is 0 Å². The largest absolute Gasteiger partial charge is 0.433 e. The fraction of sp³-hybridized carbons (Fsp3) is 0.0556. The van der Waals surface area contributed by atoms with E-state index < -0.39 is 11.9 Å². The normalized spacial score (nSPS) is 11.7. The first kappa shape index (κ1) is 17.9. The van der Waals surface area contributed by atoms with E-state index in [1.165, 1.54) is 6.21 Å². The minimum Gasteiger partial charge on any atom is -0.261 e. The highest BCUT2D eigenvalue weighted by Gasteiger charge is 2.33. The van der Waals surface area contributed by atoms with Crippen molar-refractivity contribution in [2.75, 3.05) is 5.43 Å². The third kappa shape index (κ3) is 4.58. The fourth-order valence-corrected chi connectivity index (χ4v) is 2.32. The highest BCUT2D eigenvalue weighted by atomic mass is 35.5. The molecule has 0 unspecified atom stereocenters. The van der Waals surface area contributed by atoms with Crippen LogP contribution >= 0.6 is 11.6 Å². The fourth-order valence-electron chi connectivity index (χ4n) is 2.13. The van der Waals surface area contributed by atoms with Crippen molar-refractivity contribution in [1.82, 2.24) is 9.97 Å². The number of anilines is 1. The van der Waals surface area contributed by atoms with Crippen LogP contribution in [0.5, 0.6) is 0 Å². The van der Waals surface area contributed by atoms with Gasteiger partial charge in [0.05, 0.1) is 6.21 Å². The van der Waals surface area contributed by atoms with Crippen molar-refractivity contribution >= 4 is 23.6 Å². The average Bonchev–Trinajstić information content (AvgIpc) is 2.62. The molecule has 0 saturated heterocycles. The second kappa shape index (κ2) is 7.53. The molecule has 0 amide bonds. The molecule has 1 aromatic heterocycles. The number of rotatable bonds is 4. The van der Waals surface area contributed by atoms with E-state index in [4.69, 9.17) is 11.6 Å². The van der Waals surface area contributed by atoms with Gasteiger partial charge in [0.2, 0.25) is 0 Å². The van der Waals surface area contributed by atoms with Gasteiger partial charge in [0.15, 0.2) is 17.3 Å². The molecular formula is C18H12ClF3N4. The number of nitrogens with one attached hydrogen (secondary N) is 1. The van der Waals surface area contributed by atoms with E-state index in [0.29, 0.717) is 16.1 Å². The van der Waals surface area contributed by atoms with Gasteiger partial charge in [-0.05, 0) is 17.7 Å². The summed E-state index contributed by atoms with van der Waals surface area (Å²) in [6, 6.07) is 16.1. The van der Waals surface area contributed by atoms with Crippen LogP contribution in [0.2, 0.25) is 5.02 Å². The van der Waals surface area contributed by atoms with Crippen molar-refractivity contribution in [3.63, 3.8) is 0 Å². The van der Waals surface area contributed by atoms with E-state index in [1.54, 1.807) is 54.6 Å². The summed E-state index contributed by atoms with van der Waals surface area (Å²) in [5.41, 5.74) is 2.63. The lowest BCUT2D eigenvalue weighted by atomic mass is 10.2. The van der Waals surface area contributed by atoms with Crippen molar-refractivity contribution in [2.24, 2.45) is 5.10 Å². The molecule has 4 nitrogen and oxygen atoms in total. The first-order chi connectivity index (χ1) is 12.4. The molecule has 0 aliphatic rings. The third-order valence-electron chi connectivity index (χ3n) is 3.29. The Morgan fingerprint density at radius 3 is 2.42 bits per heavy atom. The average molecular weight is 377 g/mol. The number of hydrogen-bond acceptors (Lipinski definition) is 4. The molecule has 2 aromatic carbocycles. The summed E-state index contributed by atoms with van der Waals surface area (Å²) < 4.78 is 39.4. The van der Waals surface area contributed by atoms with Crippen LogP contribution < -0.4 is 5.43 Å². The van der Waals surface area contributed by atoms with Gasteiger partial charge in [-0.15, -0.1) is 0 Å². The van der Waals surface area contributed by atoms with Crippen molar-refractivity contribution in [3.8, 4) is 11.4 Å². The summed E-state index contributed by atoms with van der Waals surface area (Å²) in [6.07, 6.45) is -3.16. The van der Waals surface area contributed by atoms with Crippen LogP contribution in [0.1, 0.15) is 11.3 Å². The molecule has 0 fully saturated rings. The van der Waals surface area contributed by atoms with E-state index in [9.17, 15) is 13.2 Å². The summed E-state index contributed by atoms with van der Waals surface area (Å²) in [6.45, 7) is 0. The number of hydrazone groups is 1. The quantitative estimate of drug-likeness (QED) is 0.499. The highest BCUT2D eigenvalue weighted by Crippen LogP contribution is 2.30. The third-order valence-corrected chi connectivity index (χ3v) is 3.53. The molecule has 3 aromatic rings. The van der Waals surface area contributed by atoms with Gasteiger partial charge in [-0.25, -0.2) is 9.97 Å². The van der Waals surface area contributed by atoms with Crippen LogP contribution in [0.3, 0.4) is 0 Å². The van der Waals surface area contributed by atoms with E-state index in [2.05, 4.69) is 20.5 Å². The SMILES string of the molecule is FC(F)(F)c1cc(NN=Cc2cccc(Cl)c2)nc(-c2ccccc2)n1. The molecule has 1 heterocycles. The van der Waals surface area contributed by atoms with Gasteiger partial charge in [-0.2, -0.15) is 18.3 Å². The molecule has 132 valence electrons. The molecule has 26 heavy (non-hydrogen) atoms. The van der Waals surface area contributed by atoms with Gasteiger partial charge in [-0.3, -0.25) is 5.43 Å². The van der Waals surface area contributed by atoms with Crippen LogP contribution in [0, 0.1) is 0 Å². The molecule has 0 radical (unpaired) electrons. The minimum atomic E-state index is -4.60. The van der Waals surface area contributed by atoms with E-state index >= 15 is 0 Å². The smallest absolute Gasteiger partial charge is 0.261 e. The van der Waals surface area contributed by atoms with Crippen molar-refractivity contribution in [3.05, 3.63) is 76.9 Å².